The van der Waals surface area contributed by atoms with E-state index >= 15 is 0 Å². The Morgan fingerprint density at radius 3 is 3.00 bits per heavy atom. The van der Waals surface area contributed by atoms with Crippen LogP contribution in [0.3, 0.4) is 0 Å². The van der Waals surface area contributed by atoms with E-state index in [2.05, 4.69) is 15.6 Å². The number of benzene rings is 2. The molecule has 1 aliphatic heterocycles. The third-order valence-corrected chi connectivity index (χ3v) is 6.63. The summed E-state index contributed by atoms with van der Waals surface area (Å²) in [6, 6.07) is 13.8. The van der Waals surface area contributed by atoms with Crippen LogP contribution >= 0.6 is 11.8 Å². The molecule has 0 saturated heterocycles. The summed E-state index contributed by atoms with van der Waals surface area (Å²) in [5, 5.41) is 6.83. The first-order valence-electron chi connectivity index (χ1n) is 10.0. The van der Waals surface area contributed by atoms with Crippen LogP contribution in [0.1, 0.15) is 17.5 Å². The van der Waals surface area contributed by atoms with Crippen LogP contribution in [0, 0.1) is 0 Å². The van der Waals surface area contributed by atoms with Gasteiger partial charge in [0.2, 0.25) is 11.8 Å². The first kappa shape index (κ1) is 20.3. The van der Waals surface area contributed by atoms with Crippen molar-refractivity contribution in [2.75, 3.05) is 24.7 Å². The molecule has 0 aliphatic carbocycles. The number of para-hydroxylation sites is 1. The number of carbonyl (C=O) groups excluding carboxylic acids is 2. The average Bonchev–Trinajstić information content (AvgIpc) is 3.08. The average molecular weight is 424 g/mol. The van der Waals surface area contributed by atoms with Crippen molar-refractivity contribution >= 4 is 40.2 Å². The monoisotopic (exact) mass is 423 g/mol. The van der Waals surface area contributed by atoms with Crippen LogP contribution in [-0.2, 0) is 22.4 Å². The molecule has 4 rings (SSSR count). The lowest BCUT2D eigenvalue weighted by molar-refractivity contribution is -0.118. The third kappa shape index (κ3) is 4.62. The number of amides is 2. The molecule has 3 N–H and O–H groups in total. The molecule has 1 unspecified atom stereocenters. The van der Waals surface area contributed by atoms with Gasteiger partial charge in [-0.15, -0.1) is 11.8 Å². The van der Waals surface area contributed by atoms with Gasteiger partial charge in [-0.25, -0.2) is 0 Å². The van der Waals surface area contributed by atoms with Crippen molar-refractivity contribution in [3.63, 3.8) is 0 Å². The van der Waals surface area contributed by atoms with Crippen molar-refractivity contribution in [3.8, 4) is 5.75 Å². The van der Waals surface area contributed by atoms with E-state index in [0.717, 1.165) is 52.7 Å². The molecule has 1 atom stereocenters. The van der Waals surface area contributed by atoms with Crippen LogP contribution in [0.15, 0.2) is 48.7 Å². The molecule has 0 spiro atoms. The van der Waals surface area contributed by atoms with Gasteiger partial charge in [-0.2, -0.15) is 0 Å². The van der Waals surface area contributed by atoms with Gasteiger partial charge in [-0.3, -0.25) is 9.59 Å². The van der Waals surface area contributed by atoms with Crippen molar-refractivity contribution in [2.24, 2.45) is 0 Å². The SMILES string of the molecule is COc1ccc2[nH]cc(CCNC(=O)CSC3CCc4ccccc4NC3=O)c2c1. The summed E-state index contributed by atoms with van der Waals surface area (Å²) in [7, 11) is 1.65. The number of anilines is 1. The number of H-pyrrole nitrogens is 1. The van der Waals surface area contributed by atoms with Crippen molar-refractivity contribution in [2.45, 2.75) is 24.5 Å². The molecule has 0 saturated carbocycles. The number of hydrogen-bond acceptors (Lipinski definition) is 4. The lowest BCUT2D eigenvalue weighted by atomic mass is 10.1. The second-order valence-corrected chi connectivity index (χ2v) is 8.50. The highest BCUT2D eigenvalue weighted by Gasteiger charge is 2.24. The van der Waals surface area contributed by atoms with Crippen LogP contribution < -0.4 is 15.4 Å². The van der Waals surface area contributed by atoms with Gasteiger partial charge in [0, 0.05) is 29.3 Å². The Morgan fingerprint density at radius 1 is 1.27 bits per heavy atom. The van der Waals surface area contributed by atoms with E-state index in [1.54, 1.807) is 7.11 Å². The van der Waals surface area contributed by atoms with Crippen LogP contribution in [0.5, 0.6) is 5.75 Å². The molecule has 0 bridgehead atoms. The number of carbonyl (C=O) groups is 2. The molecule has 3 aromatic rings. The second kappa shape index (κ2) is 9.26. The topological polar surface area (TPSA) is 83.2 Å². The summed E-state index contributed by atoms with van der Waals surface area (Å²) in [6.07, 6.45) is 4.26. The van der Waals surface area contributed by atoms with Gasteiger partial charge in [-0.05, 0) is 54.7 Å². The maximum atomic E-state index is 12.5. The van der Waals surface area contributed by atoms with Crippen molar-refractivity contribution in [1.29, 1.82) is 0 Å². The minimum Gasteiger partial charge on any atom is -0.497 e. The van der Waals surface area contributed by atoms with Gasteiger partial charge in [0.25, 0.3) is 0 Å². The predicted molar refractivity (Wildman–Crippen MR) is 121 cm³/mol. The molecule has 2 aromatic carbocycles. The van der Waals surface area contributed by atoms with E-state index in [9.17, 15) is 9.59 Å². The largest absolute Gasteiger partial charge is 0.497 e. The number of aromatic nitrogens is 1. The minimum absolute atomic E-state index is 0.0227. The van der Waals surface area contributed by atoms with E-state index in [1.165, 1.54) is 11.8 Å². The Morgan fingerprint density at radius 2 is 2.13 bits per heavy atom. The number of hydrogen-bond donors (Lipinski definition) is 3. The Kier molecular flexibility index (Phi) is 6.28. The van der Waals surface area contributed by atoms with Gasteiger partial charge >= 0.3 is 0 Å². The van der Waals surface area contributed by atoms with Gasteiger partial charge in [0.15, 0.2) is 0 Å². The molecule has 0 fully saturated rings. The molecular formula is C23H25N3O3S. The molecule has 7 heteroatoms. The highest BCUT2D eigenvalue weighted by Crippen LogP contribution is 2.27. The van der Waals surface area contributed by atoms with Crippen LogP contribution in [0.4, 0.5) is 5.69 Å². The summed E-state index contributed by atoms with van der Waals surface area (Å²) in [5.41, 5.74) is 4.21. The zero-order valence-corrected chi connectivity index (χ0v) is 17.7. The van der Waals surface area contributed by atoms with E-state index in [1.807, 2.05) is 48.7 Å². The Hall–Kier alpha value is -2.93. The standard InChI is InChI=1S/C23H25N3O3S/c1-29-17-7-8-20-18(12-17)16(13-25-20)10-11-24-22(27)14-30-21-9-6-15-4-2-3-5-19(15)26-23(21)28/h2-5,7-8,12-13,21,25H,6,9-11,14H2,1H3,(H,24,27)(H,26,28). The molecule has 0 radical (unpaired) electrons. The molecule has 2 heterocycles. The van der Waals surface area contributed by atoms with Gasteiger partial charge < -0.3 is 20.4 Å². The molecule has 6 nitrogen and oxygen atoms in total. The van der Waals surface area contributed by atoms with Crippen molar-refractivity contribution in [1.82, 2.24) is 10.3 Å². The number of rotatable bonds is 7. The minimum atomic E-state index is -0.218. The third-order valence-electron chi connectivity index (χ3n) is 5.35. The van der Waals surface area contributed by atoms with Crippen LogP contribution in [0.25, 0.3) is 10.9 Å². The number of nitrogens with one attached hydrogen (secondary N) is 3. The van der Waals surface area contributed by atoms with Crippen LogP contribution in [0.2, 0.25) is 0 Å². The molecule has 30 heavy (non-hydrogen) atoms. The van der Waals surface area contributed by atoms with E-state index in [0.29, 0.717) is 6.54 Å². The van der Waals surface area contributed by atoms with Gasteiger partial charge in [-0.1, -0.05) is 18.2 Å². The Labute approximate surface area is 179 Å². The quantitative estimate of drug-likeness (QED) is 0.543. The fourth-order valence-electron chi connectivity index (χ4n) is 3.71. The number of aromatic amines is 1. The summed E-state index contributed by atoms with van der Waals surface area (Å²) in [4.78, 5) is 28.0. The number of fused-ring (bicyclic) bond motifs is 2. The van der Waals surface area contributed by atoms with Gasteiger partial charge in [0.1, 0.15) is 5.75 Å². The normalized spacial score (nSPS) is 15.9. The Bertz CT molecular complexity index is 1060. The Balaban J connectivity index is 1.25. The molecule has 156 valence electrons. The summed E-state index contributed by atoms with van der Waals surface area (Å²) in [6.45, 7) is 0.547. The number of aryl methyl sites for hydroxylation is 1. The first-order chi connectivity index (χ1) is 14.6. The predicted octanol–water partition coefficient (Wildman–Crippen LogP) is 3.52. The molecular weight excluding hydrogens is 398 g/mol. The van der Waals surface area contributed by atoms with Crippen LogP contribution in [-0.4, -0.2) is 41.5 Å². The highest BCUT2D eigenvalue weighted by molar-refractivity contribution is 8.01. The zero-order valence-electron chi connectivity index (χ0n) is 16.9. The number of ether oxygens (including phenoxy) is 1. The second-order valence-electron chi connectivity index (χ2n) is 7.31. The number of methoxy groups -OCH3 is 1. The maximum Gasteiger partial charge on any atom is 0.237 e. The molecule has 2 amide bonds. The zero-order chi connectivity index (χ0) is 20.9. The summed E-state index contributed by atoms with van der Waals surface area (Å²) in [5.74, 6) is 1.01. The smallest absolute Gasteiger partial charge is 0.237 e. The van der Waals surface area contributed by atoms with E-state index < -0.39 is 0 Å². The van der Waals surface area contributed by atoms with Crippen molar-refractivity contribution < 1.29 is 14.3 Å². The fourth-order valence-corrected chi connectivity index (χ4v) is 4.65. The maximum absolute atomic E-state index is 12.5. The fraction of sp³-hybridized carbons (Fsp3) is 0.304. The lowest BCUT2D eigenvalue weighted by Gasteiger charge is -2.12. The number of thioether (sulfide) groups is 1. The van der Waals surface area contributed by atoms with Gasteiger partial charge in [0.05, 0.1) is 18.1 Å². The van der Waals surface area contributed by atoms with E-state index in [-0.39, 0.29) is 22.8 Å². The molecule has 1 aromatic heterocycles. The lowest BCUT2D eigenvalue weighted by Crippen LogP contribution is -2.30. The summed E-state index contributed by atoms with van der Waals surface area (Å²) < 4.78 is 5.30. The first-order valence-corrected chi connectivity index (χ1v) is 11.1. The van der Waals surface area contributed by atoms with Crippen molar-refractivity contribution in [3.05, 3.63) is 59.8 Å². The van der Waals surface area contributed by atoms with E-state index in [4.69, 9.17) is 4.74 Å². The summed E-state index contributed by atoms with van der Waals surface area (Å²) >= 11 is 1.41. The molecule has 1 aliphatic rings. The highest BCUT2D eigenvalue weighted by atomic mass is 32.2.